The molecule has 1 N–H and O–H groups in total. The molecule has 0 bridgehead atoms. The zero-order valence-corrected chi connectivity index (χ0v) is 18.6. The van der Waals surface area contributed by atoms with E-state index in [0.717, 1.165) is 12.4 Å². The summed E-state index contributed by atoms with van der Waals surface area (Å²) in [4.78, 5) is 32.4. The summed E-state index contributed by atoms with van der Waals surface area (Å²) in [6, 6.07) is 17.5. The van der Waals surface area contributed by atoms with E-state index < -0.39 is 5.97 Å². The van der Waals surface area contributed by atoms with E-state index >= 15 is 0 Å². The Balaban J connectivity index is 0.000000270. The summed E-state index contributed by atoms with van der Waals surface area (Å²) in [5, 5.41) is 7.80. The molecule has 1 unspecified atom stereocenters. The number of ether oxygens (including phenoxy) is 3. The molecule has 1 fully saturated rings. The SMILES string of the molecule is O=C(OCC1OCCS1)c1ccccc1.O=CCOC(=O)c1ccccc1.OCCS. The minimum Gasteiger partial charge on any atom is -0.458 e. The maximum Gasteiger partial charge on any atom is 0.338 e. The standard InChI is InChI=1S/C11H12O3S.C9H8O3.C2H6OS/c12-11(9-4-2-1-3-5-9)14-8-10-13-6-7-15-10;10-6-7-12-9(11)8-4-2-1-3-5-8;3-1-2-4/h1-5,10H,6-8H2;1-6H,7H2;3-4H,1-2H2. The lowest BCUT2D eigenvalue weighted by Gasteiger charge is -2.09. The van der Waals surface area contributed by atoms with Crippen molar-refractivity contribution >= 4 is 42.6 Å². The lowest BCUT2D eigenvalue weighted by molar-refractivity contribution is -0.110. The number of thiol groups is 1. The van der Waals surface area contributed by atoms with Gasteiger partial charge in [0.15, 0.2) is 6.29 Å². The predicted molar refractivity (Wildman–Crippen MR) is 123 cm³/mol. The number of carbonyl (C=O) groups excluding carboxylic acids is 3. The van der Waals surface area contributed by atoms with Crippen molar-refractivity contribution in [2.24, 2.45) is 0 Å². The normalized spacial score (nSPS) is 14.2. The van der Waals surface area contributed by atoms with Crippen molar-refractivity contribution in [3.63, 3.8) is 0 Å². The number of carbonyl (C=O) groups is 3. The topological polar surface area (TPSA) is 99.1 Å². The number of aliphatic hydroxyl groups is 1. The van der Waals surface area contributed by atoms with Gasteiger partial charge in [-0.1, -0.05) is 36.4 Å². The monoisotopic (exact) mass is 466 g/mol. The van der Waals surface area contributed by atoms with Gasteiger partial charge in [-0.25, -0.2) is 9.59 Å². The first-order chi connectivity index (χ1) is 15.1. The summed E-state index contributed by atoms with van der Waals surface area (Å²) < 4.78 is 15.0. The zero-order chi connectivity index (χ0) is 22.7. The molecule has 1 atom stereocenters. The Labute approximate surface area is 191 Å². The van der Waals surface area contributed by atoms with Crippen LogP contribution in [-0.2, 0) is 19.0 Å². The lowest BCUT2D eigenvalue weighted by atomic mass is 10.2. The summed E-state index contributed by atoms with van der Waals surface area (Å²) in [6.45, 7) is 1.08. The number of thioether (sulfide) groups is 1. The highest BCUT2D eigenvalue weighted by atomic mass is 32.2. The highest BCUT2D eigenvalue weighted by Gasteiger charge is 2.18. The van der Waals surface area contributed by atoms with Gasteiger partial charge in [-0.3, -0.25) is 4.79 Å². The predicted octanol–water partition coefficient (Wildman–Crippen LogP) is 2.88. The van der Waals surface area contributed by atoms with Crippen LogP contribution in [0.5, 0.6) is 0 Å². The molecule has 0 spiro atoms. The first-order valence-electron chi connectivity index (χ1n) is 9.45. The lowest BCUT2D eigenvalue weighted by Crippen LogP contribution is -2.15. The highest BCUT2D eigenvalue weighted by molar-refractivity contribution is 8.00. The molecule has 9 heteroatoms. The Kier molecular flexibility index (Phi) is 15.0. The van der Waals surface area contributed by atoms with E-state index in [-0.39, 0.29) is 24.6 Å². The van der Waals surface area contributed by atoms with Gasteiger partial charge in [0.2, 0.25) is 0 Å². The molecule has 0 aromatic heterocycles. The Hall–Kier alpha value is -2.33. The van der Waals surface area contributed by atoms with Gasteiger partial charge in [0.05, 0.1) is 24.3 Å². The van der Waals surface area contributed by atoms with Crippen LogP contribution in [0.4, 0.5) is 0 Å². The Morgan fingerprint density at radius 3 is 1.97 bits per heavy atom. The molecule has 1 heterocycles. The summed E-state index contributed by atoms with van der Waals surface area (Å²) >= 11 is 5.35. The third-order valence-corrected chi connectivity index (χ3v) is 4.69. The second-order valence-corrected chi connectivity index (χ2v) is 7.43. The molecule has 0 amide bonds. The first-order valence-corrected chi connectivity index (χ1v) is 11.1. The van der Waals surface area contributed by atoms with Gasteiger partial charge in [-0.15, -0.1) is 11.8 Å². The van der Waals surface area contributed by atoms with Crippen molar-refractivity contribution in [1.29, 1.82) is 0 Å². The van der Waals surface area contributed by atoms with Crippen LogP contribution >= 0.6 is 24.4 Å². The van der Waals surface area contributed by atoms with Gasteiger partial charge in [0, 0.05) is 11.5 Å². The highest BCUT2D eigenvalue weighted by Crippen LogP contribution is 2.19. The smallest absolute Gasteiger partial charge is 0.338 e. The molecule has 2 aromatic carbocycles. The van der Waals surface area contributed by atoms with Gasteiger partial charge in [0.1, 0.15) is 18.6 Å². The Morgan fingerprint density at radius 2 is 1.55 bits per heavy atom. The second kappa shape index (κ2) is 17.4. The van der Waals surface area contributed by atoms with Crippen LogP contribution in [0.2, 0.25) is 0 Å². The number of hydrogen-bond acceptors (Lipinski definition) is 9. The number of aliphatic hydroxyl groups excluding tert-OH is 1. The van der Waals surface area contributed by atoms with Crippen molar-refractivity contribution in [1.82, 2.24) is 0 Å². The Bertz CT molecular complexity index is 749. The van der Waals surface area contributed by atoms with Crippen LogP contribution < -0.4 is 0 Å². The summed E-state index contributed by atoms with van der Waals surface area (Å²) in [5.41, 5.74) is 1.05. The summed E-state index contributed by atoms with van der Waals surface area (Å²) in [7, 11) is 0. The first kappa shape index (κ1) is 26.7. The minimum atomic E-state index is -0.470. The van der Waals surface area contributed by atoms with Crippen molar-refractivity contribution in [3.8, 4) is 0 Å². The maximum absolute atomic E-state index is 11.5. The quantitative estimate of drug-likeness (QED) is 0.365. The number of benzene rings is 2. The van der Waals surface area contributed by atoms with Crippen LogP contribution in [0, 0.1) is 0 Å². The van der Waals surface area contributed by atoms with Crippen molar-refractivity contribution in [2.75, 3.05) is 37.9 Å². The molecule has 2 aromatic rings. The van der Waals surface area contributed by atoms with E-state index in [1.807, 2.05) is 18.2 Å². The van der Waals surface area contributed by atoms with E-state index in [1.54, 1.807) is 54.2 Å². The fraction of sp³-hybridized carbons (Fsp3) is 0.318. The van der Waals surface area contributed by atoms with Crippen LogP contribution in [0.1, 0.15) is 20.7 Å². The van der Waals surface area contributed by atoms with Crippen LogP contribution in [-0.4, -0.2) is 66.7 Å². The summed E-state index contributed by atoms with van der Waals surface area (Å²) in [5.74, 6) is 0.794. The summed E-state index contributed by atoms with van der Waals surface area (Å²) in [6.07, 6.45) is 0.542. The van der Waals surface area contributed by atoms with Crippen LogP contribution in [0.25, 0.3) is 0 Å². The Morgan fingerprint density at radius 1 is 1.03 bits per heavy atom. The van der Waals surface area contributed by atoms with Gasteiger partial charge < -0.3 is 19.3 Å². The average molecular weight is 467 g/mol. The van der Waals surface area contributed by atoms with E-state index in [2.05, 4.69) is 17.4 Å². The molecule has 168 valence electrons. The number of aldehydes is 1. The molecule has 31 heavy (non-hydrogen) atoms. The van der Waals surface area contributed by atoms with Crippen LogP contribution in [0.3, 0.4) is 0 Å². The van der Waals surface area contributed by atoms with Gasteiger partial charge in [-0.2, -0.15) is 12.6 Å². The molecule has 7 nitrogen and oxygen atoms in total. The van der Waals surface area contributed by atoms with Gasteiger partial charge in [0.25, 0.3) is 0 Å². The van der Waals surface area contributed by atoms with E-state index in [1.165, 1.54) is 0 Å². The average Bonchev–Trinajstić information content (AvgIpc) is 3.36. The van der Waals surface area contributed by atoms with Gasteiger partial charge >= 0.3 is 11.9 Å². The second-order valence-electron chi connectivity index (χ2n) is 5.71. The fourth-order valence-electron chi connectivity index (χ4n) is 2.07. The van der Waals surface area contributed by atoms with E-state index in [9.17, 15) is 14.4 Å². The van der Waals surface area contributed by atoms with E-state index in [0.29, 0.717) is 29.8 Å². The third kappa shape index (κ3) is 12.2. The largest absolute Gasteiger partial charge is 0.458 e. The molecular formula is C22H26O7S2. The molecule has 0 saturated carbocycles. The van der Waals surface area contributed by atoms with E-state index in [4.69, 9.17) is 14.6 Å². The van der Waals surface area contributed by atoms with Gasteiger partial charge in [-0.05, 0) is 24.3 Å². The minimum absolute atomic E-state index is 0.0117. The van der Waals surface area contributed by atoms with Crippen molar-refractivity contribution in [3.05, 3.63) is 71.8 Å². The number of hydrogen-bond donors (Lipinski definition) is 2. The molecule has 0 aliphatic carbocycles. The zero-order valence-electron chi connectivity index (χ0n) is 16.9. The molecule has 0 radical (unpaired) electrons. The molecule has 1 aliphatic rings. The maximum atomic E-state index is 11.5. The number of rotatable bonds is 7. The third-order valence-electron chi connectivity index (χ3n) is 3.44. The number of esters is 2. The van der Waals surface area contributed by atoms with Crippen molar-refractivity contribution in [2.45, 2.75) is 5.44 Å². The molecule has 1 aliphatic heterocycles. The van der Waals surface area contributed by atoms with Crippen molar-refractivity contribution < 1.29 is 33.7 Å². The molecule has 3 rings (SSSR count). The molecular weight excluding hydrogens is 440 g/mol. The fourth-order valence-corrected chi connectivity index (χ4v) is 2.88. The molecule has 1 saturated heterocycles. The van der Waals surface area contributed by atoms with Crippen LogP contribution in [0.15, 0.2) is 60.7 Å².